The third-order valence-electron chi connectivity index (χ3n) is 2.12. The number of nitrogens with zero attached hydrogens (tertiary/aromatic N) is 2. The number of carbonyl (C=O) groups is 2. The minimum Gasteiger partial charge on any atom is -0.255 e. The molecule has 0 aliphatic carbocycles. The molecule has 0 aromatic carbocycles. The molecule has 1 aliphatic rings. The minimum absolute atomic E-state index is 0.0802. The van der Waals surface area contributed by atoms with E-state index in [1.165, 1.54) is 0 Å². The zero-order valence-corrected chi connectivity index (χ0v) is 10.1. The van der Waals surface area contributed by atoms with Crippen molar-refractivity contribution >= 4 is 33.0 Å². The summed E-state index contributed by atoms with van der Waals surface area (Å²) in [6.07, 6.45) is 0.906. The Morgan fingerprint density at radius 3 is 2.13 bits per heavy atom. The second kappa shape index (κ2) is 3.34. The number of sulfonamides is 1. The maximum atomic E-state index is 11.6. The summed E-state index contributed by atoms with van der Waals surface area (Å²) < 4.78 is 23.1. The van der Waals surface area contributed by atoms with Crippen LogP contribution in [-0.4, -0.2) is 47.4 Å². The number of urea groups is 1. The molecule has 0 aromatic heterocycles. The summed E-state index contributed by atoms with van der Waals surface area (Å²) in [5.74, 6) is 0. The van der Waals surface area contributed by atoms with E-state index in [9.17, 15) is 18.0 Å². The number of halogens is 1. The summed E-state index contributed by atoms with van der Waals surface area (Å²) in [7, 11) is -3.66. The second-order valence-corrected chi connectivity index (χ2v) is 6.18. The number of hydrogen-bond donors (Lipinski definition) is 0. The molecule has 1 rings (SSSR count). The number of hydrogen-bond acceptors (Lipinski definition) is 4. The molecule has 15 heavy (non-hydrogen) atoms. The average molecular weight is 255 g/mol. The Kier molecular flexibility index (Phi) is 2.73. The Labute approximate surface area is 92.8 Å². The quantitative estimate of drug-likeness (QED) is 0.513. The molecule has 1 fully saturated rings. The highest BCUT2D eigenvalue weighted by Crippen LogP contribution is 2.28. The highest BCUT2D eigenvalue weighted by Gasteiger charge is 2.49. The molecule has 6 nitrogen and oxygen atoms in total. The highest BCUT2D eigenvalue weighted by atomic mass is 35.5. The first-order valence-electron chi connectivity index (χ1n) is 4.09. The van der Waals surface area contributed by atoms with Crippen molar-refractivity contribution in [3.63, 3.8) is 0 Å². The van der Waals surface area contributed by atoms with Crippen molar-refractivity contribution in [3.8, 4) is 0 Å². The van der Waals surface area contributed by atoms with Crippen LogP contribution in [0.2, 0.25) is 0 Å². The van der Waals surface area contributed by atoms with Gasteiger partial charge in [0.25, 0.3) is 0 Å². The summed E-state index contributed by atoms with van der Waals surface area (Å²) in [5.41, 5.74) is -0.918. The molecule has 1 heterocycles. The van der Waals surface area contributed by atoms with Gasteiger partial charge in [-0.15, -0.1) is 0 Å². The number of imide groups is 1. The molecule has 1 aliphatic heterocycles. The molecule has 0 radical (unpaired) electrons. The van der Waals surface area contributed by atoms with Crippen molar-refractivity contribution < 1.29 is 18.0 Å². The lowest BCUT2D eigenvalue weighted by molar-refractivity contribution is 0.184. The van der Waals surface area contributed by atoms with Crippen LogP contribution in [0.5, 0.6) is 0 Å². The highest BCUT2D eigenvalue weighted by molar-refractivity contribution is 7.88. The Morgan fingerprint density at radius 2 is 1.93 bits per heavy atom. The van der Waals surface area contributed by atoms with Gasteiger partial charge >= 0.3 is 11.4 Å². The van der Waals surface area contributed by atoms with Crippen LogP contribution in [-0.2, 0) is 10.0 Å². The van der Waals surface area contributed by atoms with Gasteiger partial charge in [-0.1, -0.05) is 0 Å². The molecule has 3 amide bonds. The van der Waals surface area contributed by atoms with E-state index in [2.05, 4.69) is 0 Å². The first-order valence-corrected chi connectivity index (χ1v) is 6.31. The summed E-state index contributed by atoms with van der Waals surface area (Å²) in [6, 6.07) is -0.900. The molecule has 0 saturated carbocycles. The Balaban J connectivity index is 3.17. The predicted octanol–water partition coefficient (Wildman–Crippen LogP) is 0.821. The monoisotopic (exact) mass is 254 g/mol. The van der Waals surface area contributed by atoms with Gasteiger partial charge in [0.1, 0.15) is 0 Å². The van der Waals surface area contributed by atoms with Gasteiger partial charge in [-0.05, 0) is 25.4 Å². The lowest BCUT2D eigenvalue weighted by atomic mass is 10.1. The van der Waals surface area contributed by atoms with Crippen molar-refractivity contribution in [1.82, 2.24) is 9.21 Å². The molecule has 8 heteroatoms. The second-order valence-electron chi connectivity index (χ2n) is 3.95. The van der Waals surface area contributed by atoms with Crippen LogP contribution in [0.4, 0.5) is 9.59 Å². The van der Waals surface area contributed by atoms with E-state index in [-0.39, 0.29) is 6.54 Å². The maximum Gasteiger partial charge on any atom is 0.341 e. The topological polar surface area (TPSA) is 74.8 Å². The van der Waals surface area contributed by atoms with E-state index in [4.69, 9.17) is 11.6 Å². The zero-order chi connectivity index (χ0) is 12.0. The molecule has 0 spiro atoms. The van der Waals surface area contributed by atoms with E-state index in [0.29, 0.717) is 4.31 Å². The summed E-state index contributed by atoms with van der Waals surface area (Å²) in [6.45, 7) is 3.05. The maximum absolute atomic E-state index is 11.6. The third-order valence-corrected chi connectivity index (χ3v) is 3.37. The van der Waals surface area contributed by atoms with Gasteiger partial charge in [0.15, 0.2) is 0 Å². The fourth-order valence-corrected chi connectivity index (χ4v) is 2.65. The zero-order valence-electron chi connectivity index (χ0n) is 8.52. The van der Waals surface area contributed by atoms with E-state index in [1.807, 2.05) is 0 Å². The molecule has 0 N–H and O–H groups in total. The lowest BCUT2D eigenvalue weighted by Crippen LogP contribution is -2.43. The summed E-state index contributed by atoms with van der Waals surface area (Å²) >= 11 is 5.22. The molecule has 0 unspecified atom stereocenters. The Bertz CT molecular complexity index is 417. The molecule has 0 bridgehead atoms. The third kappa shape index (κ3) is 2.07. The summed E-state index contributed by atoms with van der Waals surface area (Å²) in [4.78, 5) is 23.3. The van der Waals surface area contributed by atoms with Crippen molar-refractivity contribution in [2.24, 2.45) is 0 Å². The van der Waals surface area contributed by atoms with Gasteiger partial charge in [-0.2, -0.15) is 0 Å². The van der Waals surface area contributed by atoms with Gasteiger partial charge in [-0.3, -0.25) is 4.79 Å². The van der Waals surface area contributed by atoms with Gasteiger partial charge in [0.2, 0.25) is 10.0 Å². The van der Waals surface area contributed by atoms with Gasteiger partial charge < -0.3 is 0 Å². The van der Waals surface area contributed by atoms with Crippen LogP contribution < -0.4 is 0 Å². The molecule has 0 atom stereocenters. The fraction of sp³-hybridized carbons (Fsp3) is 0.714. The van der Waals surface area contributed by atoms with Gasteiger partial charge in [-0.25, -0.2) is 22.4 Å². The number of carbonyl (C=O) groups excluding carboxylic acids is 2. The largest absolute Gasteiger partial charge is 0.341 e. The van der Waals surface area contributed by atoms with E-state index < -0.39 is 27.0 Å². The minimum atomic E-state index is -3.66. The van der Waals surface area contributed by atoms with Crippen LogP contribution in [0.3, 0.4) is 0 Å². The van der Waals surface area contributed by atoms with E-state index in [1.54, 1.807) is 13.8 Å². The Morgan fingerprint density at radius 1 is 1.47 bits per heavy atom. The van der Waals surface area contributed by atoms with Gasteiger partial charge in [0.05, 0.1) is 18.3 Å². The van der Waals surface area contributed by atoms with E-state index >= 15 is 0 Å². The lowest BCUT2D eigenvalue weighted by Gasteiger charge is -2.24. The standard InChI is InChI=1S/C7H11ClN2O4S/c1-7(2)4-9(15(3,13)14)6(12)10(7)5(8)11/h4H2,1-3H3. The van der Waals surface area contributed by atoms with Crippen molar-refractivity contribution in [2.45, 2.75) is 19.4 Å². The smallest absolute Gasteiger partial charge is 0.255 e. The molecular formula is C7H11ClN2O4S. The normalized spacial score (nSPS) is 20.9. The molecular weight excluding hydrogens is 244 g/mol. The van der Waals surface area contributed by atoms with Crippen molar-refractivity contribution in [1.29, 1.82) is 0 Å². The molecule has 1 saturated heterocycles. The SMILES string of the molecule is CC1(C)CN(S(C)(=O)=O)C(=O)N1C(=O)Cl. The van der Waals surface area contributed by atoms with Crippen LogP contribution in [0.1, 0.15) is 13.8 Å². The Hall–Kier alpha value is -0.820. The number of rotatable bonds is 1. The average Bonchev–Trinajstić information content (AvgIpc) is 2.19. The first-order chi connectivity index (χ1) is 6.57. The fourth-order valence-electron chi connectivity index (χ4n) is 1.43. The summed E-state index contributed by atoms with van der Waals surface area (Å²) in [5, 5.41) is -0.976. The van der Waals surface area contributed by atoms with Crippen LogP contribution in [0, 0.1) is 0 Å². The van der Waals surface area contributed by atoms with Crippen LogP contribution >= 0.6 is 11.6 Å². The van der Waals surface area contributed by atoms with Crippen LogP contribution in [0.25, 0.3) is 0 Å². The molecule has 0 aromatic rings. The van der Waals surface area contributed by atoms with Crippen molar-refractivity contribution in [3.05, 3.63) is 0 Å². The van der Waals surface area contributed by atoms with Crippen molar-refractivity contribution in [2.75, 3.05) is 12.8 Å². The number of amides is 3. The van der Waals surface area contributed by atoms with Crippen LogP contribution in [0.15, 0.2) is 0 Å². The first kappa shape index (κ1) is 12.3. The predicted molar refractivity (Wildman–Crippen MR) is 54.1 cm³/mol. The van der Waals surface area contributed by atoms with E-state index in [0.717, 1.165) is 11.2 Å². The van der Waals surface area contributed by atoms with Gasteiger partial charge in [0, 0.05) is 0 Å². The molecule has 86 valence electrons.